The van der Waals surface area contributed by atoms with E-state index < -0.39 is 0 Å². The first-order valence-corrected chi connectivity index (χ1v) is 17.3. The Labute approximate surface area is 317 Å². The molecule has 10 heteroatoms. The lowest BCUT2D eigenvalue weighted by Gasteiger charge is -2.37. The van der Waals surface area contributed by atoms with Crippen LogP contribution in [-0.4, -0.2) is 54.5 Å². The molecular weight excluding hydrogens is 673 g/mol. The molecule has 1 amide bonds. The van der Waals surface area contributed by atoms with Crippen LogP contribution in [0.5, 0.6) is 0 Å². The van der Waals surface area contributed by atoms with Crippen LogP contribution >= 0.6 is 0 Å². The highest BCUT2D eigenvalue weighted by Gasteiger charge is 2.28. The lowest BCUT2D eigenvalue weighted by Crippen LogP contribution is -2.48. The average Bonchev–Trinajstić information content (AvgIpc) is 3.60. The molecule has 1 aliphatic heterocycles. The van der Waals surface area contributed by atoms with E-state index >= 15 is 0 Å². The van der Waals surface area contributed by atoms with E-state index in [1.54, 1.807) is 48.3 Å². The van der Waals surface area contributed by atoms with Crippen LogP contribution in [0, 0.1) is 66.4 Å². The van der Waals surface area contributed by atoms with Crippen LogP contribution in [0.4, 0.5) is 4.79 Å². The molecule has 2 aromatic carbocycles. The molecule has 266 valence electrons. The summed E-state index contributed by atoms with van der Waals surface area (Å²) in [7, 11) is 0. The van der Waals surface area contributed by atoms with Gasteiger partial charge in [-0.05, 0) is 73.9 Å². The molecular formula is C44H38N8O2. The summed E-state index contributed by atoms with van der Waals surface area (Å²) < 4.78 is 5.22. The molecule has 54 heavy (non-hydrogen) atoms. The van der Waals surface area contributed by atoms with E-state index in [1.807, 2.05) is 74.5 Å². The van der Waals surface area contributed by atoms with Crippen molar-refractivity contribution in [3.8, 4) is 18.2 Å². The van der Waals surface area contributed by atoms with Crippen LogP contribution in [0.2, 0.25) is 0 Å². The maximum atomic E-state index is 12.5. The molecule has 1 heterocycles. The van der Waals surface area contributed by atoms with Crippen LogP contribution in [0.25, 0.3) is 20.8 Å². The highest BCUT2D eigenvalue weighted by atomic mass is 16.6. The van der Waals surface area contributed by atoms with Crippen molar-refractivity contribution in [3.05, 3.63) is 169 Å². The van der Waals surface area contributed by atoms with E-state index in [0.717, 1.165) is 28.0 Å². The first-order chi connectivity index (χ1) is 26.2. The molecule has 0 aromatic heterocycles. The third-order valence-corrected chi connectivity index (χ3v) is 8.90. The molecule has 0 atom stereocenters. The number of nitrogens with zero attached hydrogens (tertiary/aromatic N) is 7. The van der Waals surface area contributed by atoms with Crippen LogP contribution in [0.3, 0.4) is 0 Å². The Morgan fingerprint density at radius 3 is 1.98 bits per heavy atom. The van der Waals surface area contributed by atoms with E-state index in [1.165, 1.54) is 0 Å². The zero-order valence-corrected chi connectivity index (χ0v) is 30.5. The van der Waals surface area contributed by atoms with Gasteiger partial charge in [-0.25, -0.2) is 4.79 Å². The van der Waals surface area contributed by atoms with E-state index in [4.69, 9.17) is 23.3 Å². The van der Waals surface area contributed by atoms with Gasteiger partial charge in [-0.1, -0.05) is 84.0 Å². The molecule has 1 fully saturated rings. The second-order valence-electron chi connectivity index (χ2n) is 12.3. The first kappa shape index (κ1) is 39.4. The molecule has 0 unspecified atom stereocenters. The molecule has 0 radical (unpaired) electrons. The van der Waals surface area contributed by atoms with Gasteiger partial charge in [0.2, 0.25) is 0 Å². The monoisotopic (exact) mass is 710 g/mol. The summed E-state index contributed by atoms with van der Waals surface area (Å²) in [6.45, 7) is 23.2. The molecule has 0 saturated carbocycles. The third kappa shape index (κ3) is 9.47. The Morgan fingerprint density at radius 1 is 0.870 bits per heavy atom. The number of allylic oxidation sites excluding steroid dienone is 13. The molecule has 4 rings (SSSR count). The van der Waals surface area contributed by atoms with Gasteiger partial charge in [-0.2, -0.15) is 25.5 Å². The normalized spacial score (nSPS) is 14.8. The lowest BCUT2D eigenvalue weighted by atomic mass is 9.93. The Hall–Kier alpha value is -7.41. The summed E-state index contributed by atoms with van der Waals surface area (Å²) in [5.41, 5.74) is 7.21. The quantitative estimate of drug-likeness (QED) is 0.113. The van der Waals surface area contributed by atoms with Crippen LogP contribution in [0.1, 0.15) is 42.0 Å². The lowest BCUT2D eigenvalue weighted by molar-refractivity contribution is 0.0873. The second-order valence-corrected chi connectivity index (χ2v) is 12.3. The molecule has 0 bridgehead atoms. The second kappa shape index (κ2) is 19.3. The zero-order chi connectivity index (χ0) is 39.0. The van der Waals surface area contributed by atoms with Crippen molar-refractivity contribution in [1.29, 1.82) is 21.2 Å². The highest BCUT2D eigenvalue weighted by Crippen LogP contribution is 2.36. The molecule has 1 aliphatic carbocycles. The maximum absolute atomic E-state index is 12.5. The third-order valence-electron chi connectivity index (χ3n) is 8.90. The molecule has 1 saturated heterocycles. The Balaban J connectivity index is 1.76. The van der Waals surface area contributed by atoms with Crippen molar-refractivity contribution in [1.82, 2.24) is 9.80 Å². The number of benzene rings is 2. The van der Waals surface area contributed by atoms with E-state index in [9.17, 15) is 20.6 Å². The average molecular weight is 711 g/mol. The fraction of sp³-hybridized carbons (Fsp3) is 0.227. The van der Waals surface area contributed by atoms with Crippen LogP contribution in [-0.2, 0) is 4.74 Å². The fourth-order valence-corrected chi connectivity index (χ4v) is 6.21. The van der Waals surface area contributed by atoms with Crippen molar-refractivity contribution in [2.75, 3.05) is 32.8 Å². The summed E-state index contributed by atoms with van der Waals surface area (Å²) >= 11 is 0. The summed E-state index contributed by atoms with van der Waals surface area (Å²) in [6, 6.07) is 20.8. The number of nitriles is 3. The Morgan fingerprint density at radius 2 is 1.46 bits per heavy atom. The Kier molecular flexibility index (Phi) is 14.0. The van der Waals surface area contributed by atoms with Gasteiger partial charge in [0.05, 0.1) is 23.8 Å². The number of hydrogen-bond donors (Lipinski definition) is 1. The summed E-state index contributed by atoms with van der Waals surface area (Å²) in [5, 5.41) is 37.7. The summed E-state index contributed by atoms with van der Waals surface area (Å²) in [4.78, 5) is 23.2. The number of aryl methyl sites for hydroxylation is 2. The van der Waals surface area contributed by atoms with Gasteiger partial charge in [0.25, 0.3) is 0 Å². The highest BCUT2D eigenvalue weighted by molar-refractivity contribution is 5.95. The molecule has 0 spiro atoms. The Bertz CT molecular complexity index is 2230. The van der Waals surface area contributed by atoms with Crippen molar-refractivity contribution >= 4 is 23.1 Å². The maximum Gasteiger partial charge on any atom is 0.528 e. The van der Waals surface area contributed by atoms with Crippen LogP contribution in [0.15, 0.2) is 124 Å². The number of hydrogen-bond acceptors (Lipinski definition) is 7. The van der Waals surface area contributed by atoms with Gasteiger partial charge < -0.3 is 14.5 Å². The minimum atomic E-state index is -0.348. The minimum absolute atomic E-state index is 0.121. The van der Waals surface area contributed by atoms with Crippen molar-refractivity contribution in [3.63, 3.8) is 0 Å². The van der Waals surface area contributed by atoms with E-state index in [0.29, 0.717) is 62.3 Å². The number of carbonyl (C=O) groups is 1. The molecule has 10 nitrogen and oxygen atoms in total. The smallest absolute Gasteiger partial charge is 0.450 e. The molecule has 2 aromatic rings. The number of piperazine rings is 1. The molecule has 2 aliphatic rings. The van der Waals surface area contributed by atoms with Crippen molar-refractivity contribution in [2.24, 2.45) is 0 Å². The number of amides is 1. The standard InChI is InChI=1S/C44H38N8O2/c1-6-54-44(53)52-25-23-51(24-26-52)42-35(9-7-11-37(27-45)40(39(29-47)30-48)33-17-13-31(2)14-18-33)21-22-36(42)10-8-12-38(28-46)41(43(49-4)50-5)34-19-15-32(3)16-20-34/h7-20,45H,6,21-26H2,1-3H3/b10-8+,11-7+,35-9?,38-12+. The van der Waals surface area contributed by atoms with E-state index in [-0.39, 0.29) is 34.2 Å². The molecule has 1 N–H and O–H groups in total. The van der Waals surface area contributed by atoms with Gasteiger partial charge >= 0.3 is 11.9 Å². The van der Waals surface area contributed by atoms with Gasteiger partial charge in [0.1, 0.15) is 30.9 Å². The first-order valence-electron chi connectivity index (χ1n) is 17.3. The van der Waals surface area contributed by atoms with Gasteiger partial charge in [0.15, 0.2) is 0 Å². The van der Waals surface area contributed by atoms with E-state index in [2.05, 4.69) is 26.5 Å². The number of rotatable bonds is 10. The van der Waals surface area contributed by atoms with Crippen molar-refractivity contribution in [2.45, 2.75) is 33.6 Å². The minimum Gasteiger partial charge on any atom is -0.450 e. The predicted molar refractivity (Wildman–Crippen MR) is 208 cm³/mol. The number of ether oxygens (including phenoxy) is 1. The van der Waals surface area contributed by atoms with Crippen LogP contribution < -0.4 is 0 Å². The summed E-state index contributed by atoms with van der Waals surface area (Å²) in [5.74, 6) is 2.23. The fourth-order valence-electron chi connectivity index (χ4n) is 6.21. The number of carbonyl (C=O) groups excluding carboxylic acids is 1. The van der Waals surface area contributed by atoms with Gasteiger partial charge in [-0.3, -0.25) is 5.41 Å². The van der Waals surface area contributed by atoms with Crippen molar-refractivity contribution < 1.29 is 9.53 Å². The predicted octanol–water partition coefficient (Wildman–Crippen LogP) is 8.80. The zero-order valence-electron chi connectivity index (χ0n) is 30.5. The summed E-state index contributed by atoms with van der Waals surface area (Å²) in [6.07, 6.45) is 11.8. The van der Waals surface area contributed by atoms with Gasteiger partial charge in [0, 0.05) is 43.0 Å². The SMILES string of the molecule is [C-]#[N+]C([N+]#[C-])=C(/C(C#N)=C/C=C/C1=C(N2CCN(C(=O)OCC)CC2)C(=C/C=C/C(=C=N)C(=C(C#N)C#N)c2ccc(C)cc2)CC1)c1ccc(C)cc1. The number of nitrogens with one attached hydrogen (secondary N) is 1. The largest absolute Gasteiger partial charge is 0.528 e. The topological polar surface area (TPSA) is 137 Å². The van der Waals surface area contributed by atoms with Gasteiger partial charge in [-0.15, -0.1) is 0 Å².